The van der Waals surface area contributed by atoms with Crippen molar-refractivity contribution in [2.24, 2.45) is 0 Å². The van der Waals surface area contributed by atoms with Crippen molar-refractivity contribution in [2.45, 2.75) is 18.9 Å². The minimum Gasteiger partial charge on any atom is -0.508 e. The molecule has 0 atom stereocenters. The number of ether oxygens (including phenoxy) is 1. The lowest BCUT2D eigenvalue weighted by Gasteiger charge is -2.22. The van der Waals surface area contributed by atoms with Gasteiger partial charge in [-0.2, -0.15) is 10.1 Å². The third-order valence-corrected chi connectivity index (χ3v) is 5.75. The zero-order valence-corrected chi connectivity index (χ0v) is 18.3. The van der Waals surface area contributed by atoms with Crippen LogP contribution in [0.1, 0.15) is 18.9 Å². The molecule has 0 aliphatic carbocycles. The second-order valence-electron chi connectivity index (χ2n) is 7.73. The summed E-state index contributed by atoms with van der Waals surface area (Å²) in [6.45, 7) is 1.07. The van der Waals surface area contributed by atoms with E-state index in [-0.39, 0.29) is 28.6 Å². The lowest BCUT2D eigenvalue weighted by molar-refractivity contribution is 0.0674. The molecule has 0 spiro atoms. The number of anilines is 4. The first-order chi connectivity index (χ1) is 16.4. The molecule has 12 heteroatoms. The number of nitrogens with zero attached hydrogens (tertiary/aromatic N) is 4. The summed E-state index contributed by atoms with van der Waals surface area (Å²) in [5, 5.41) is 20.4. The maximum Gasteiger partial charge on any atom is 0.229 e. The predicted molar refractivity (Wildman–Crippen MR) is 120 cm³/mol. The van der Waals surface area contributed by atoms with Crippen LogP contribution >= 0.6 is 11.6 Å². The van der Waals surface area contributed by atoms with Gasteiger partial charge in [-0.3, -0.25) is 0 Å². The summed E-state index contributed by atoms with van der Waals surface area (Å²) in [5.74, 6) is -2.86. The van der Waals surface area contributed by atoms with Crippen LogP contribution in [0.2, 0.25) is 5.02 Å². The largest absolute Gasteiger partial charge is 0.508 e. The first kappa shape index (κ1) is 22.2. The van der Waals surface area contributed by atoms with Crippen LogP contribution in [0.15, 0.2) is 36.5 Å². The average molecular weight is 491 g/mol. The number of nitrogens with one attached hydrogen (secondary N) is 2. The third kappa shape index (κ3) is 4.31. The molecule has 34 heavy (non-hydrogen) atoms. The fraction of sp³-hybridized carbons (Fsp3) is 0.227. The Bertz CT molecular complexity index is 1350. The van der Waals surface area contributed by atoms with E-state index in [1.165, 1.54) is 18.3 Å². The van der Waals surface area contributed by atoms with Gasteiger partial charge < -0.3 is 20.5 Å². The van der Waals surface area contributed by atoms with Crippen molar-refractivity contribution in [3.05, 3.63) is 59.0 Å². The fourth-order valence-corrected chi connectivity index (χ4v) is 3.99. The maximum absolute atomic E-state index is 14.3. The lowest BCUT2D eigenvalue weighted by Crippen LogP contribution is -2.21. The van der Waals surface area contributed by atoms with Crippen LogP contribution in [-0.2, 0) is 4.74 Å². The molecule has 0 saturated carbocycles. The molecule has 8 nitrogen and oxygen atoms in total. The van der Waals surface area contributed by atoms with Crippen molar-refractivity contribution in [2.75, 3.05) is 23.8 Å². The summed E-state index contributed by atoms with van der Waals surface area (Å²) >= 11 is 6.17. The first-order valence-electron chi connectivity index (χ1n) is 10.4. The number of phenols is 1. The molecule has 1 saturated heterocycles. The van der Waals surface area contributed by atoms with Crippen molar-refractivity contribution >= 4 is 45.8 Å². The Labute approximate surface area is 196 Å². The molecule has 3 N–H and O–H groups in total. The molecular formula is C22H18ClF3N6O2. The van der Waals surface area contributed by atoms with Gasteiger partial charge in [-0.15, -0.1) is 0 Å². The quantitative estimate of drug-likeness (QED) is 0.320. The Hall–Kier alpha value is -3.57. The second kappa shape index (κ2) is 8.99. The minimum absolute atomic E-state index is 0.0143. The Balaban J connectivity index is 1.57. The molecular weight excluding hydrogens is 473 g/mol. The number of aromatic nitrogens is 4. The number of halogens is 4. The molecule has 4 aromatic rings. The summed E-state index contributed by atoms with van der Waals surface area (Å²) < 4.78 is 49.0. The van der Waals surface area contributed by atoms with Crippen molar-refractivity contribution < 1.29 is 23.0 Å². The predicted octanol–water partition coefficient (Wildman–Crippen LogP) is 5.44. The van der Waals surface area contributed by atoms with Crippen molar-refractivity contribution in [1.82, 2.24) is 19.7 Å². The van der Waals surface area contributed by atoms with Crippen molar-refractivity contribution in [1.29, 1.82) is 0 Å². The fourth-order valence-electron chi connectivity index (χ4n) is 3.77. The highest BCUT2D eigenvalue weighted by atomic mass is 35.5. The van der Waals surface area contributed by atoms with E-state index < -0.39 is 23.1 Å². The van der Waals surface area contributed by atoms with Gasteiger partial charge in [0.05, 0.1) is 22.1 Å². The van der Waals surface area contributed by atoms with Crippen LogP contribution in [0.5, 0.6) is 5.75 Å². The Morgan fingerprint density at radius 2 is 1.79 bits per heavy atom. The van der Waals surface area contributed by atoms with Gasteiger partial charge in [-0.05, 0) is 25.0 Å². The van der Waals surface area contributed by atoms with Crippen LogP contribution in [-0.4, -0.2) is 38.1 Å². The third-order valence-electron chi connectivity index (χ3n) is 5.43. The molecule has 1 aliphatic rings. The van der Waals surface area contributed by atoms with E-state index >= 15 is 0 Å². The number of hydrogen-bond donors (Lipinski definition) is 3. The van der Waals surface area contributed by atoms with E-state index in [1.54, 1.807) is 10.7 Å². The number of fused-ring (bicyclic) bond motifs is 1. The smallest absolute Gasteiger partial charge is 0.229 e. The molecule has 1 aliphatic heterocycles. The highest BCUT2D eigenvalue weighted by Crippen LogP contribution is 2.33. The SMILES string of the molecule is Oc1ccc(Nc2ncc3c(Nc4c(F)cc(F)cc4F)nn(C4CCOCC4)c3n2)c(Cl)c1. The zero-order chi connectivity index (χ0) is 23.8. The van der Waals surface area contributed by atoms with Crippen LogP contribution in [0.25, 0.3) is 11.0 Å². The number of aromatic hydroxyl groups is 1. The summed E-state index contributed by atoms with van der Waals surface area (Å²) in [4.78, 5) is 8.84. The molecule has 2 aromatic carbocycles. The standard InChI is InChI=1S/C22H18ClF3N6O2/c23-15-9-13(33)1-2-18(15)28-22-27-10-14-20(29-19-16(25)7-11(24)8-17(19)26)31-32(21(14)30-22)12-3-5-34-6-4-12/h1-2,7-10,12,33H,3-6H2,(H,29,31)(H,27,28,30). The summed E-state index contributed by atoms with van der Waals surface area (Å²) in [6.07, 6.45) is 2.81. The molecule has 2 aromatic heterocycles. The second-order valence-corrected chi connectivity index (χ2v) is 8.13. The number of rotatable bonds is 5. The molecule has 0 amide bonds. The van der Waals surface area contributed by atoms with Gasteiger partial charge in [0.15, 0.2) is 23.1 Å². The monoisotopic (exact) mass is 490 g/mol. The molecule has 0 unspecified atom stereocenters. The average Bonchev–Trinajstić information content (AvgIpc) is 3.16. The number of phenolic OH excluding ortho intramolecular Hbond substituents is 1. The summed E-state index contributed by atoms with van der Waals surface area (Å²) in [7, 11) is 0. The molecule has 5 rings (SSSR count). The van der Waals surface area contributed by atoms with Gasteiger partial charge in [-0.25, -0.2) is 22.8 Å². The van der Waals surface area contributed by atoms with Crippen LogP contribution in [0.3, 0.4) is 0 Å². The molecule has 1 fully saturated rings. The number of benzene rings is 2. The van der Waals surface area contributed by atoms with E-state index in [2.05, 4.69) is 25.7 Å². The minimum atomic E-state index is -1.09. The molecule has 176 valence electrons. The normalized spacial score (nSPS) is 14.5. The highest BCUT2D eigenvalue weighted by Gasteiger charge is 2.24. The lowest BCUT2D eigenvalue weighted by atomic mass is 10.1. The highest BCUT2D eigenvalue weighted by molar-refractivity contribution is 6.33. The van der Waals surface area contributed by atoms with Gasteiger partial charge in [0.2, 0.25) is 5.95 Å². The van der Waals surface area contributed by atoms with Gasteiger partial charge in [0, 0.05) is 37.6 Å². The Kier molecular flexibility index (Phi) is 5.88. The van der Waals surface area contributed by atoms with E-state index in [0.717, 1.165) is 0 Å². The van der Waals surface area contributed by atoms with Crippen LogP contribution in [0.4, 0.5) is 36.3 Å². The summed E-state index contributed by atoms with van der Waals surface area (Å²) in [6, 6.07) is 5.53. The van der Waals surface area contributed by atoms with E-state index in [0.29, 0.717) is 54.9 Å². The molecule has 0 radical (unpaired) electrons. The van der Waals surface area contributed by atoms with Crippen molar-refractivity contribution in [3.63, 3.8) is 0 Å². The number of hydrogen-bond acceptors (Lipinski definition) is 7. The van der Waals surface area contributed by atoms with Gasteiger partial charge in [0.1, 0.15) is 17.3 Å². The maximum atomic E-state index is 14.3. The van der Waals surface area contributed by atoms with Crippen molar-refractivity contribution in [3.8, 4) is 5.75 Å². The van der Waals surface area contributed by atoms with Gasteiger partial charge in [0.25, 0.3) is 0 Å². The van der Waals surface area contributed by atoms with E-state index in [1.807, 2.05) is 0 Å². The molecule has 0 bridgehead atoms. The first-order valence-corrected chi connectivity index (χ1v) is 10.8. The van der Waals surface area contributed by atoms with E-state index in [4.69, 9.17) is 16.3 Å². The van der Waals surface area contributed by atoms with Crippen LogP contribution in [0, 0.1) is 17.5 Å². The van der Waals surface area contributed by atoms with Gasteiger partial charge >= 0.3 is 0 Å². The summed E-state index contributed by atoms with van der Waals surface area (Å²) in [5.41, 5.74) is 0.368. The Morgan fingerprint density at radius 3 is 2.50 bits per heavy atom. The molecule has 3 heterocycles. The topological polar surface area (TPSA) is 97.1 Å². The van der Waals surface area contributed by atoms with Crippen LogP contribution < -0.4 is 10.6 Å². The van der Waals surface area contributed by atoms with Gasteiger partial charge in [-0.1, -0.05) is 11.6 Å². The zero-order valence-electron chi connectivity index (χ0n) is 17.5. The Morgan fingerprint density at radius 1 is 1.06 bits per heavy atom. The van der Waals surface area contributed by atoms with E-state index in [9.17, 15) is 18.3 Å².